The lowest BCUT2D eigenvalue weighted by Crippen LogP contribution is -2.31. The summed E-state index contributed by atoms with van der Waals surface area (Å²) in [5.74, 6) is -0.311. The summed E-state index contributed by atoms with van der Waals surface area (Å²) in [6, 6.07) is 19.8. The number of amides is 1. The van der Waals surface area contributed by atoms with Crippen molar-refractivity contribution in [1.29, 1.82) is 0 Å². The fraction of sp³-hybridized carbons (Fsp3) is 0.0870. The quantitative estimate of drug-likeness (QED) is 0.554. The molecule has 0 aliphatic heterocycles. The lowest BCUT2D eigenvalue weighted by molar-refractivity contribution is 0.0943. The molecule has 0 radical (unpaired) electrons. The van der Waals surface area contributed by atoms with Crippen LogP contribution in [0.4, 0.5) is 4.39 Å². The van der Waals surface area contributed by atoms with Crippen molar-refractivity contribution in [1.82, 2.24) is 15.1 Å². The zero-order valence-corrected chi connectivity index (χ0v) is 16.1. The summed E-state index contributed by atoms with van der Waals surface area (Å²) in [5.41, 5.74) is 1.18. The van der Waals surface area contributed by atoms with E-state index in [-0.39, 0.29) is 18.1 Å². The number of para-hydroxylation sites is 1. The van der Waals surface area contributed by atoms with Crippen LogP contribution in [0.5, 0.6) is 5.75 Å². The van der Waals surface area contributed by atoms with Crippen LogP contribution in [0, 0.1) is 5.82 Å². The van der Waals surface area contributed by atoms with Crippen LogP contribution in [0.1, 0.15) is 16.1 Å². The Hall–Kier alpha value is -4.00. The highest BCUT2D eigenvalue weighted by atomic mass is 19.1. The van der Waals surface area contributed by atoms with Crippen LogP contribution >= 0.6 is 0 Å². The standard InChI is InChI=1S/C23H18FN3O3/c1-30-18-6-4-5-15(13-18)14-25-23(29)21-22(28)19-7-2-3-8-20(19)27(26-21)17-11-9-16(24)10-12-17/h2-13H,14H2,1H3,(H,25,29). The summed E-state index contributed by atoms with van der Waals surface area (Å²) >= 11 is 0. The highest BCUT2D eigenvalue weighted by molar-refractivity contribution is 5.95. The van der Waals surface area contributed by atoms with Crippen LogP contribution in [-0.4, -0.2) is 22.8 Å². The first kappa shape index (κ1) is 19.3. The van der Waals surface area contributed by atoms with Gasteiger partial charge in [0.1, 0.15) is 11.6 Å². The summed E-state index contributed by atoms with van der Waals surface area (Å²) in [7, 11) is 1.56. The lowest BCUT2D eigenvalue weighted by Gasteiger charge is -2.12. The largest absolute Gasteiger partial charge is 0.497 e. The number of fused-ring (bicyclic) bond motifs is 1. The molecule has 0 saturated carbocycles. The Bertz CT molecular complexity index is 1280. The first-order valence-electron chi connectivity index (χ1n) is 9.26. The molecule has 4 rings (SSSR count). The lowest BCUT2D eigenvalue weighted by atomic mass is 10.1. The van der Waals surface area contributed by atoms with Crippen molar-refractivity contribution in [2.24, 2.45) is 0 Å². The number of methoxy groups -OCH3 is 1. The molecule has 1 aromatic heterocycles. The van der Waals surface area contributed by atoms with Crippen LogP contribution in [0.3, 0.4) is 0 Å². The minimum atomic E-state index is -0.593. The fourth-order valence-corrected chi connectivity index (χ4v) is 3.15. The molecule has 1 heterocycles. The number of hydrogen-bond donors (Lipinski definition) is 1. The number of aromatic nitrogens is 2. The molecule has 30 heavy (non-hydrogen) atoms. The fourth-order valence-electron chi connectivity index (χ4n) is 3.15. The van der Waals surface area contributed by atoms with E-state index in [2.05, 4.69) is 10.4 Å². The van der Waals surface area contributed by atoms with Gasteiger partial charge in [-0.2, -0.15) is 5.10 Å². The highest BCUT2D eigenvalue weighted by Crippen LogP contribution is 2.16. The molecule has 0 saturated heterocycles. The predicted molar refractivity (Wildman–Crippen MR) is 111 cm³/mol. The van der Waals surface area contributed by atoms with E-state index in [4.69, 9.17) is 4.74 Å². The number of carbonyl (C=O) groups is 1. The molecular formula is C23H18FN3O3. The molecule has 6 nitrogen and oxygen atoms in total. The monoisotopic (exact) mass is 403 g/mol. The molecule has 4 aromatic rings. The van der Waals surface area contributed by atoms with Crippen LogP contribution in [0.2, 0.25) is 0 Å². The van der Waals surface area contributed by atoms with Gasteiger partial charge in [-0.3, -0.25) is 9.59 Å². The van der Waals surface area contributed by atoms with Gasteiger partial charge in [-0.1, -0.05) is 24.3 Å². The molecule has 0 aliphatic rings. The molecule has 7 heteroatoms. The Morgan fingerprint density at radius 2 is 1.83 bits per heavy atom. The molecule has 0 fully saturated rings. The zero-order valence-electron chi connectivity index (χ0n) is 16.1. The van der Waals surface area contributed by atoms with Gasteiger partial charge in [0.15, 0.2) is 5.69 Å². The van der Waals surface area contributed by atoms with Gasteiger partial charge in [-0.25, -0.2) is 9.07 Å². The normalized spacial score (nSPS) is 10.7. The minimum absolute atomic E-state index is 0.209. The van der Waals surface area contributed by atoms with Crippen LogP contribution in [-0.2, 0) is 6.54 Å². The number of hydrogen-bond acceptors (Lipinski definition) is 4. The molecule has 150 valence electrons. The van der Waals surface area contributed by atoms with Crippen molar-refractivity contribution < 1.29 is 13.9 Å². The molecular weight excluding hydrogens is 385 g/mol. The van der Waals surface area contributed by atoms with Crippen molar-refractivity contribution >= 4 is 16.8 Å². The van der Waals surface area contributed by atoms with E-state index in [0.717, 1.165) is 5.56 Å². The molecule has 1 N–H and O–H groups in total. The molecule has 1 amide bonds. The van der Waals surface area contributed by atoms with Crippen molar-refractivity contribution in [2.45, 2.75) is 6.54 Å². The number of rotatable bonds is 5. The first-order valence-corrected chi connectivity index (χ1v) is 9.26. The zero-order chi connectivity index (χ0) is 21.1. The first-order chi connectivity index (χ1) is 14.6. The topological polar surface area (TPSA) is 73.2 Å². The third-order valence-corrected chi connectivity index (χ3v) is 4.67. The number of ether oxygens (including phenoxy) is 1. The molecule has 3 aromatic carbocycles. The van der Waals surface area contributed by atoms with Crippen LogP contribution in [0.25, 0.3) is 16.6 Å². The SMILES string of the molecule is COc1cccc(CNC(=O)c2nn(-c3ccc(F)cc3)c3ccccc3c2=O)c1. The molecule has 0 bridgehead atoms. The van der Waals surface area contributed by atoms with E-state index >= 15 is 0 Å². The van der Waals surface area contributed by atoms with Gasteiger partial charge in [-0.05, 0) is 54.1 Å². The van der Waals surface area contributed by atoms with Crippen LogP contribution < -0.4 is 15.5 Å². The maximum atomic E-state index is 13.4. The Balaban J connectivity index is 1.73. The second-order valence-corrected chi connectivity index (χ2v) is 6.62. The maximum Gasteiger partial charge on any atom is 0.276 e. The van der Waals surface area contributed by atoms with E-state index in [9.17, 15) is 14.0 Å². The Morgan fingerprint density at radius 3 is 2.60 bits per heavy atom. The Morgan fingerprint density at radius 1 is 1.07 bits per heavy atom. The van der Waals surface area contributed by atoms with Gasteiger partial charge in [0.05, 0.1) is 23.7 Å². The van der Waals surface area contributed by atoms with Crippen LogP contribution in [0.15, 0.2) is 77.6 Å². The number of nitrogens with one attached hydrogen (secondary N) is 1. The van der Waals surface area contributed by atoms with E-state index in [1.54, 1.807) is 43.5 Å². The molecule has 0 atom stereocenters. The van der Waals surface area contributed by atoms with E-state index < -0.39 is 11.3 Å². The molecule has 0 aliphatic carbocycles. The number of nitrogens with zero attached hydrogens (tertiary/aromatic N) is 2. The maximum absolute atomic E-state index is 13.4. The van der Waals surface area contributed by atoms with E-state index in [0.29, 0.717) is 22.3 Å². The third kappa shape index (κ3) is 3.77. The summed E-state index contributed by atoms with van der Waals surface area (Å²) < 4.78 is 20.0. The van der Waals surface area contributed by atoms with Gasteiger partial charge in [0.25, 0.3) is 5.91 Å². The van der Waals surface area contributed by atoms with Crippen molar-refractivity contribution in [3.8, 4) is 11.4 Å². The smallest absolute Gasteiger partial charge is 0.276 e. The summed E-state index contributed by atoms with van der Waals surface area (Å²) in [6.07, 6.45) is 0. The Kier molecular flexibility index (Phi) is 5.26. The number of carbonyl (C=O) groups excluding carboxylic acids is 1. The summed E-state index contributed by atoms with van der Waals surface area (Å²) in [5, 5.41) is 7.37. The van der Waals surface area contributed by atoms with Gasteiger partial charge >= 0.3 is 0 Å². The van der Waals surface area contributed by atoms with Gasteiger partial charge in [-0.15, -0.1) is 0 Å². The van der Waals surface area contributed by atoms with Crippen molar-refractivity contribution in [3.63, 3.8) is 0 Å². The highest BCUT2D eigenvalue weighted by Gasteiger charge is 2.18. The number of halogens is 1. The van der Waals surface area contributed by atoms with Gasteiger partial charge in [0.2, 0.25) is 5.43 Å². The second kappa shape index (κ2) is 8.16. The average molecular weight is 403 g/mol. The molecule has 0 spiro atoms. The average Bonchev–Trinajstić information content (AvgIpc) is 2.79. The van der Waals surface area contributed by atoms with E-state index in [1.165, 1.54) is 28.9 Å². The Labute approximate surface area is 171 Å². The predicted octanol–water partition coefficient (Wildman–Crippen LogP) is 3.46. The van der Waals surface area contributed by atoms with Gasteiger partial charge in [0, 0.05) is 6.54 Å². The summed E-state index contributed by atoms with van der Waals surface area (Å²) in [6.45, 7) is 0.209. The van der Waals surface area contributed by atoms with Gasteiger partial charge < -0.3 is 10.1 Å². The number of benzene rings is 3. The minimum Gasteiger partial charge on any atom is -0.497 e. The van der Waals surface area contributed by atoms with Crippen molar-refractivity contribution in [2.75, 3.05) is 7.11 Å². The van der Waals surface area contributed by atoms with E-state index in [1.807, 2.05) is 12.1 Å². The van der Waals surface area contributed by atoms with Crippen molar-refractivity contribution in [3.05, 3.63) is 100 Å². The molecule has 0 unspecified atom stereocenters. The third-order valence-electron chi connectivity index (χ3n) is 4.67. The summed E-state index contributed by atoms with van der Waals surface area (Å²) in [4.78, 5) is 25.7. The second-order valence-electron chi connectivity index (χ2n) is 6.62.